The number of aliphatic hydroxyl groups is 1. The lowest BCUT2D eigenvalue weighted by Gasteiger charge is -2.32. The number of hydrogen-bond acceptors (Lipinski definition) is 6. The number of carbonyl (C=O) groups excluding carboxylic acids is 1. The summed E-state index contributed by atoms with van der Waals surface area (Å²) < 4.78 is 5.45. The molecule has 0 radical (unpaired) electrons. The molecule has 0 aliphatic carbocycles. The number of fused-ring (bicyclic) bond motifs is 1. The van der Waals surface area contributed by atoms with Crippen LogP contribution < -0.4 is 15.4 Å². The van der Waals surface area contributed by atoms with Gasteiger partial charge in [0.1, 0.15) is 11.6 Å². The summed E-state index contributed by atoms with van der Waals surface area (Å²) in [5.74, 6) is 0.757. The van der Waals surface area contributed by atoms with Gasteiger partial charge in [-0.2, -0.15) is 0 Å². The first kappa shape index (κ1) is 18.6. The van der Waals surface area contributed by atoms with Crippen molar-refractivity contribution in [3.05, 3.63) is 52.1 Å². The fraction of sp³-hybridized carbons (Fsp3) is 0.450. The molecule has 0 saturated carbocycles. The van der Waals surface area contributed by atoms with Crippen LogP contribution in [0, 0.1) is 0 Å². The van der Waals surface area contributed by atoms with Crippen LogP contribution in [0.5, 0.6) is 0 Å². The molecule has 1 aromatic heterocycles. The zero-order valence-corrected chi connectivity index (χ0v) is 15.8. The molecule has 8 nitrogen and oxygen atoms in total. The number of carbonyl (C=O) groups is 1. The van der Waals surface area contributed by atoms with E-state index in [1.54, 1.807) is 4.90 Å². The van der Waals surface area contributed by atoms with Crippen molar-refractivity contribution in [3.63, 3.8) is 0 Å². The number of amides is 1. The van der Waals surface area contributed by atoms with Crippen LogP contribution in [-0.2, 0) is 22.4 Å². The van der Waals surface area contributed by atoms with Crippen LogP contribution in [0.3, 0.4) is 0 Å². The number of nitrogens with one attached hydrogen (secondary N) is 1. The highest BCUT2D eigenvalue weighted by Crippen LogP contribution is 2.32. The maximum Gasteiger partial charge on any atom is 0.252 e. The van der Waals surface area contributed by atoms with Crippen molar-refractivity contribution in [1.82, 2.24) is 9.97 Å². The maximum absolute atomic E-state index is 13.0. The third kappa shape index (κ3) is 3.65. The molecule has 2 aliphatic heterocycles. The van der Waals surface area contributed by atoms with E-state index in [2.05, 4.69) is 9.97 Å². The second-order valence-electron chi connectivity index (χ2n) is 7.29. The minimum atomic E-state index is -0.304. The summed E-state index contributed by atoms with van der Waals surface area (Å²) in [5.41, 5.74) is 1.79. The molecule has 1 saturated heterocycles. The Hall–Kier alpha value is -2.71. The van der Waals surface area contributed by atoms with E-state index in [4.69, 9.17) is 4.74 Å². The van der Waals surface area contributed by atoms with Gasteiger partial charge >= 0.3 is 0 Å². The van der Waals surface area contributed by atoms with E-state index in [-0.39, 0.29) is 36.6 Å². The van der Waals surface area contributed by atoms with Crippen molar-refractivity contribution in [2.24, 2.45) is 0 Å². The lowest BCUT2D eigenvalue weighted by atomic mass is 10.1. The van der Waals surface area contributed by atoms with Crippen LogP contribution >= 0.6 is 0 Å². The number of aliphatic hydroxyl groups excluding tert-OH is 1. The van der Waals surface area contributed by atoms with Crippen molar-refractivity contribution in [1.29, 1.82) is 0 Å². The number of aromatic nitrogens is 2. The first-order chi connectivity index (χ1) is 13.5. The van der Waals surface area contributed by atoms with Gasteiger partial charge in [-0.05, 0) is 25.0 Å². The summed E-state index contributed by atoms with van der Waals surface area (Å²) in [7, 11) is 0. The molecule has 2 aliphatic rings. The second kappa shape index (κ2) is 7.73. The van der Waals surface area contributed by atoms with Crippen molar-refractivity contribution >= 4 is 17.4 Å². The normalized spacial score (nSPS) is 21.6. The topological polar surface area (TPSA) is 98.8 Å². The standard InChI is InChI=1S/C20H24N4O4/c1-13-8-14-4-2-3-5-16(14)24(13)20(27)9-17-21-18(10-19(26)22-17)23-6-7-28-15(11-23)12-25/h2-5,10,13,15,25H,6-9,11-12H2,1H3,(H,21,22,26)/t13-,15?/m0/s1. The molecule has 8 heteroatoms. The SMILES string of the molecule is C[C@H]1Cc2ccccc2N1C(=O)Cc1nc(N2CCOC(CO)C2)cc(=O)[nH]1. The van der Waals surface area contributed by atoms with Crippen LogP contribution in [-0.4, -0.2) is 59.4 Å². The van der Waals surface area contributed by atoms with E-state index in [9.17, 15) is 14.7 Å². The van der Waals surface area contributed by atoms with Gasteiger partial charge in [0.05, 0.1) is 25.7 Å². The van der Waals surface area contributed by atoms with Crippen molar-refractivity contribution < 1.29 is 14.6 Å². The maximum atomic E-state index is 13.0. The third-order valence-corrected chi connectivity index (χ3v) is 5.24. The Kier molecular flexibility index (Phi) is 5.15. The Bertz CT molecular complexity index is 928. The number of H-pyrrole nitrogens is 1. The number of morpholine rings is 1. The molecule has 2 atom stereocenters. The summed E-state index contributed by atoms with van der Waals surface area (Å²) in [5, 5.41) is 9.32. The number of nitrogens with zero attached hydrogens (tertiary/aromatic N) is 3. The van der Waals surface area contributed by atoms with E-state index in [1.165, 1.54) is 6.07 Å². The smallest absolute Gasteiger partial charge is 0.252 e. The largest absolute Gasteiger partial charge is 0.394 e. The number of hydrogen-bond donors (Lipinski definition) is 2. The number of benzene rings is 1. The van der Waals surface area contributed by atoms with Crippen molar-refractivity contribution in [2.45, 2.75) is 31.9 Å². The quantitative estimate of drug-likeness (QED) is 0.796. The Morgan fingerprint density at radius 3 is 3.04 bits per heavy atom. The molecule has 1 unspecified atom stereocenters. The van der Waals surface area contributed by atoms with Crippen molar-refractivity contribution in [2.75, 3.05) is 36.1 Å². The van der Waals surface area contributed by atoms with Gasteiger partial charge in [0.15, 0.2) is 0 Å². The Morgan fingerprint density at radius 2 is 2.21 bits per heavy atom. The van der Waals surface area contributed by atoms with E-state index in [0.29, 0.717) is 31.3 Å². The predicted octanol–water partition coefficient (Wildman–Crippen LogP) is 0.488. The minimum Gasteiger partial charge on any atom is -0.394 e. The molecule has 0 spiro atoms. The average Bonchev–Trinajstić information content (AvgIpc) is 3.03. The van der Waals surface area contributed by atoms with Crippen LogP contribution in [0.4, 0.5) is 11.5 Å². The molecular weight excluding hydrogens is 360 g/mol. The number of ether oxygens (including phenoxy) is 1. The van der Waals surface area contributed by atoms with E-state index in [1.807, 2.05) is 36.1 Å². The summed E-state index contributed by atoms with van der Waals surface area (Å²) >= 11 is 0. The number of rotatable bonds is 4. The molecular formula is C20H24N4O4. The van der Waals surface area contributed by atoms with E-state index in [0.717, 1.165) is 17.7 Å². The Labute approximate surface area is 162 Å². The highest BCUT2D eigenvalue weighted by atomic mass is 16.5. The Morgan fingerprint density at radius 1 is 1.39 bits per heavy atom. The van der Waals surface area contributed by atoms with Gasteiger partial charge in [-0.1, -0.05) is 18.2 Å². The summed E-state index contributed by atoms with van der Waals surface area (Å²) in [6.07, 6.45) is 0.541. The predicted molar refractivity (Wildman–Crippen MR) is 105 cm³/mol. The molecule has 2 N–H and O–H groups in total. The highest BCUT2D eigenvalue weighted by molar-refractivity contribution is 5.97. The van der Waals surface area contributed by atoms with Crippen LogP contribution in [0.15, 0.2) is 35.1 Å². The first-order valence-electron chi connectivity index (χ1n) is 9.52. The molecule has 1 aromatic carbocycles. The minimum absolute atomic E-state index is 0.0233. The average molecular weight is 384 g/mol. The summed E-state index contributed by atoms with van der Waals surface area (Å²) in [6.45, 7) is 3.42. The van der Waals surface area contributed by atoms with Gasteiger partial charge in [-0.3, -0.25) is 9.59 Å². The zero-order chi connectivity index (χ0) is 19.7. The molecule has 28 heavy (non-hydrogen) atoms. The molecule has 4 rings (SSSR count). The molecule has 1 amide bonds. The van der Waals surface area contributed by atoms with Gasteiger partial charge in [0.2, 0.25) is 5.91 Å². The number of para-hydroxylation sites is 1. The third-order valence-electron chi connectivity index (χ3n) is 5.24. The molecule has 1 fully saturated rings. The molecule has 0 bridgehead atoms. The fourth-order valence-electron chi connectivity index (χ4n) is 3.95. The van der Waals surface area contributed by atoms with E-state index < -0.39 is 0 Å². The highest BCUT2D eigenvalue weighted by Gasteiger charge is 2.31. The second-order valence-corrected chi connectivity index (χ2v) is 7.29. The van der Waals surface area contributed by atoms with Gasteiger partial charge in [0.25, 0.3) is 5.56 Å². The lowest BCUT2D eigenvalue weighted by Crippen LogP contribution is -2.45. The van der Waals surface area contributed by atoms with Crippen LogP contribution in [0.25, 0.3) is 0 Å². The van der Waals surface area contributed by atoms with E-state index >= 15 is 0 Å². The number of anilines is 2. The molecule has 148 valence electrons. The Balaban J connectivity index is 1.55. The first-order valence-corrected chi connectivity index (χ1v) is 9.52. The number of aromatic amines is 1. The van der Waals surface area contributed by atoms with Gasteiger partial charge in [-0.25, -0.2) is 4.98 Å². The van der Waals surface area contributed by atoms with Crippen LogP contribution in [0.2, 0.25) is 0 Å². The van der Waals surface area contributed by atoms with Gasteiger partial charge in [0, 0.05) is 30.9 Å². The molecule has 3 heterocycles. The lowest BCUT2D eigenvalue weighted by molar-refractivity contribution is -0.118. The molecule has 2 aromatic rings. The van der Waals surface area contributed by atoms with Gasteiger partial charge < -0.3 is 24.6 Å². The van der Waals surface area contributed by atoms with Crippen molar-refractivity contribution in [3.8, 4) is 0 Å². The zero-order valence-electron chi connectivity index (χ0n) is 15.8. The monoisotopic (exact) mass is 384 g/mol. The van der Waals surface area contributed by atoms with Gasteiger partial charge in [-0.15, -0.1) is 0 Å². The van der Waals surface area contributed by atoms with Crippen LogP contribution in [0.1, 0.15) is 18.3 Å². The summed E-state index contributed by atoms with van der Waals surface area (Å²) in [6, 6.07) is 9.38. The fourth-order valence-corrected chi connectivity index (χ4v) is 3.95. The summed E-state index contributed by atoms with van der Waals surface area (Å²) in [4.78, 5) is 36.0.